The van der Waals surface area contributed by atoms with Crippen LogP contribution in [-0.4, -0.2) is 26.1 Å². The van der Waals surface area contributed by atoms with Crippen molar-refractivity contribution in [3.8, 4) is 0 Å². The minimum absolute atomic E-state index is 0.199. The zero-order chi connectivity index (χ0) is 14.7. The average Bonchev–Trinajstić information content (AvgIpc) is 2.71. The van der Waals surface area contributed by atoms with Gasteiger partial charge in [0, 0.05) is 18.8 Å². The van der Waals surface area contributed by atoms with Crippen molar-refractivity contribution in [3.05, 3.63) is 34.4 Å². The van der Waals surface area contributed by atoms with Crippen LogP contribution in [0.15, 0.2) is 22.9 Å². The smallest absolute Gasteiger partial charge is 0.413 e. The first-order valence-corrected chi connectivity index (χ1v) is 6.41. The third-order valence-corrected chi connectivity index (χ3v) is 3.05. The number of hydrogen-bond donors (Lipinski definition) is 1. The van der Waals surface area contributed by atoms with Gasteiger partial charge in [-0.2, -0.15) is 4.39 Å². The molecular weight excluding hydrogens is 333 g/mol. The molecule has 0 aromatic carbocycles. The molecule has 0 bridgehead atoms. The summed E-state index contributed by atoms with van der Waals surface area (Å²) in [5.74, 6) is -0.329. The molecule has 20 heavy (non-hydrogen) atoms. The molecule has 1 amide bonds. The Labute approximate surface area is 122 Å². The molecule has 9 heteroatoms. The second kappa shape index (κ2) is 5.95. The van der Waals surface area contributed by atoms with Crippen molar-refractivity contribution in [3.63, 3.8) is 0 Å². The molecule has 0 radical (unpaired) electrons. The maximum absolute atomic E-state index is 13.4. The van der Waals surface area contributed by atoms with Gasteiger partial charge in [0.15, 0.2) is 10.4 Å². The molecule has 2 aromatic heterocycles. The maximum atomic E-state index is 13.4. The predicted molar refractivity (Wildman–Crippen MR) is 71.4 cm³/mol. The largest absolute Gasteiger partial charge is 0.441 e. The number of pyridine rings is 1. The van der Waals surface area contributed by atoms with Crippen molar-refractivity contribution in [1.29, 1.82) is 0 Å². The van der Waals surface area contributed by atoms with Crippen LogP contribution in [0, 0.1) is 5.95 Å². The summed E-state index contributed by atoms with van der Waals surface area (Å²) in [6.45, 7) is 1.55. The van der Waals surface area contributed by atoms with Crippen molar-refractivity contribution < 1.29 is 13.9 Å². The van der Waals surface area contributed by atoms with E-state index in [0.717, 1.165) is 0 Å². The van der Waals surface area contributed by atoms with Gasteiger partial charge in [-0.25, -0.2) is 14.5 Å². The van der Waals surface area contributed by atoms with Crippen LogP contribution in [0.4, 0.5) is 15.0 Å². The van der Waals surface area contributed by atoms with Gasteiger partial charge in [-0.15, -0.1) is 5.10 Å². The second-order valence-electron chi connectivity index (χ2n) is 3.91. The summed E-state index contributed by atoms with van der Waals surface area (Å²) < 4.78 is 20.3. The number of rotatable bonds is 3. The van der Waals surface area contributed by atoms with Crippen LogP contribution in [0.1, 0.15) is 18.6 Å². The monoisotopic (exact) mass is 343 g/mol. The van der Waals surface area contributed by atoms with Gasteiger partial charge in [0.2, 0.25) is 5.95 Å². The summed E-state index contributed by atoms with van der Waals surface area (Å²) in [4.78, 5) is 15.2. The number of anilines is 1. The van der Waals surface area contributed by atoms with Crippen LogP contribution in [0.25, 0.3) is 0 Å². The van der Waals surface area contributed by atoms with E-state index in [-0.39, 0.29) is 5.56 Å². The van der Waals surface area contributed by atoms with Crippen LogP contribution in [0.3, 0.4) is 0 Å². The Bertz CT molecular complexity index is 614. The molecule has 2 aromatic rings. The first kappa shape index (κ1) is 14.4. The van der Waals surface area contributed by atoms with Gasteiger partial charge in [-0.3, -0.25) is 5.32 Å². The minimum Gasteiger partial charge on any atom is -0.441 e. The fourth-order valence-corrected chi connectivity index (χ4v) is 1.94. The number of nitrogens with zero attached hydrogens (tertiary/aromatic N) is 4. The van der Waals surface area contributed by atoms with Gasteiger partial charge in [0.25, 0.3) is 0 Å². The van der Waals surface area contributed by atoms with E-state index >= 15 is 0 Å². The van der Waals surface area contributed by atoms with Gasteiger partial charge in [0.1, 0.15) is 6.10 Å². The molecule has 0 saturated carbocycles. The summed E-state index contributed by atoms with van der Waals surface area (Å²) in [6.07, 6.45) is -0.195. The number of amides is 1. The van der Waals surface area contributed by atoms with Gasteiger partial charge in [0.05, 0.1) is 0 Å². The number of aryl methyl sites for hydroxylation is 1. The summed E-state index contributed by atoms with van der Waals surface area (Å²) >= 11 is 3.13. The van der Waals surface area contributed by atoms with E-state index in [9.17, 15) is 9.18 Å². The summed E-state index contributed by atoms with van der Waals surface area (Å²) in [5, 5.41) is 9.88. The lowest BCUT2D eigenvalue weighted by atomic mass is 10.2. The molecule has 2 heterocycles. The molecule has 0 aliphatic heterocycles. The van der Waals surface area contributed by atoms with Gasteiger partial charge < -0.3 is 4.74 Å². The topological polar surface area (TPSA) is 81.9 Å². The second-order valence-corrected chi connectivity index (χ2v) is 4.66. The lowest BCUT2D eigenvalue weighted by Crippen LogP contribution is -2.18. The van der Waals surface area contributed by atoms with Crippen LogP contribution in [-0.2, 0) is 11.8 Å². The van der Waals surface area contributed by atoms with Gasteiger partial charge in [-0.1, -0.05) is 5.21 Å². The molecule has 0 saturated heterocycles. The quantitative estimate of drug-likeness (QED) is 0.865. The number of nitrogens with one attached hydrogen (secondary N) is 1. The van der Waals surface area contributed by atoms with Crippen molar-refractivity contribution in [1.82, 2.24) is 20.0 Å². The van der Waals surface area contributed by atoms with E-state index in [4.69, 9.17) is 4.74 Å². The van der Waals surface area contributed by atoms with Crippen LogP contribution >= 0.6 is 15.9 Å². The average molecular weight is 344 g/mol. The molecule has 0 unspecified atom stereocenters. The molecule has 0 spiro atoms. The first-order valence-electron chi connectivity index (χ1n) is 5.62. The van der Waals surface area contributed by atoms with E-state index in [1.807, 2.05) is 0 Å². The van der Waals surface area contributed by atoms with E-state index in [2.05, 4.69) is 36.5 Å². The van der Waals surface area contributed by atoms with Crippen molar-refractivity contribution in [2.75, 3.05) is 5.32 Å². The van der Waals surface area contributed by atoms with Crippen molar-refractivity contribution in [2.45, 2.75) is 13.0 Å². The summed E-state index contributed by atoms with van der Waals surface area (Å²) in [6, 6.07) is 3.07. The Balaban J connectivity index is 2.04. The van der Waals surface area contributed by atoms with Crippen molar-refractivity contribution >= 4 is 27.8 Å². The number of halogens is 2. The highest BCUT2D eigenvalue weighted by molar-refractivity contribution is 9.10. The number of carbonyl (C=O) groups excluding carboxylic acids is 1. The Morgan fingerprint density at radius 3 is 2.95 bits per heavy atom. The zero-order valence-corrected chi connectivity index (χ0v) is 12.3. The fraction of sp³-hybridized carbons (Fsp3) is 0.273. The minimum atomic E-state index is -0.774. The number of carbonyl (C=O) groups is 1. The van der Waals surface area contributed by atoms with Crippen molar-refractivity contribution in [2.24, 2.45) is 7.05 Å². The Hall–Kier alpha value is -2.03. The van der Waals surface area contributed by atoms with E-state index in [1.165, 1.54) is 16.9 Å². The van der Waals surface area contributed by atoms with E-state index in [1.54, 1.807) is 20.0 Å². The van der Waals surface area contributed by atoms with Gasteiger partial charge >= 0.3 is 6.09 Å². The van der Waals surface area contributed by atoms with Crippen LogP contribution in [0.2, 0.25) is 0 Å². The lowest BCUT2D eigenvalue weighted by Gasteiger charge is -2.14. The third-order valence-electron chi connectivity index (χ3n) is 2.52. The number of hydrogen-bond acceptors (Lipinski definition) is 5. The molecule has 1 N–H and O–H groups in total. The SMILES string of the molecule is C[C@@H](OC(=O)Nc1c(Br)nnn1C)c1cccnc1F. The van der Waals surface area contributed by atoms with Crippen LogP contribution in [0.5, 0.6) is 0 Å². The fourth-order valence-electron chi connectivity index (χ4n) is 1.52. The Morgan fingerprint density at radius 1 is 1.60 bits per heavy atom. The Kier molecular flexibility index (Phi) is 4.28. The normalized spacial score (nSPS) is 12.0. The lowest BCUT2D eigenvalue weighted by molar-refractivity contribution is 0.118. The highest BCUT2D eigenvalue weighted by Gasteiger charge is 2.18. The molecule has 7 nitrogen and oxygen atoms in total. The third kappa shape index (κ3) is 3.10. The molecule has 0 aliphatic carbocycles. The maximum Gasteiger partial charge on any atom is 0.413 e. The highest BCUT2D eigenvalue weighted by atomic mass is 79.9. The van der Waals surface area contributed by atoms with E-state index < -0.39 is 18.1 Å². The predicted octanol–water partition coefficient (Wildman–Crippen LogP) is 2.42. The zero-order valence-electron chi connectivity index (χ0n) is 10.7. The van der Waals surface area contributed by atoms with E-state index in [0.29, 0.717) is 10.4 Å². The standard InChI is InChI=1S/C11H11BrFN5O2/c1-6(7-4-3-5-14-9(7)13)20-11(19)15-10-8(12)16-17-18(10)2/h3-6H,1-2H3,(H,15,19)/t6-/m1/s1. The highest BCUT2D eigenvalue weighted by Crippen LogP contribution is 2.21. The molecular formula is C11H11BrFN5O2. The van der Waals surface area contributed by atoms with Gasteiger partial charge in [-0.05, 0) is 35.0 Å². The number of ether oxygens (including phenoxy) is 1. The summed E-state index contributed by atoms with van der Waals surface area (Å²) in [5.41, 5.74) is 0.199. The molecule has 0 fully saturated rings. The molecule has 1 atom stereocenters. The van der Waals surface area contributed by atoms with Crippen LogP contribution < -0.4 is 5.32 Å². The number of aromatic nitrogens is 4. The molecule has 2 rings (SSSR count). The Morgan fingerprint density at radius 2 is 2.35 bits per heavy atom. The molecule has 106 valence electrons. The first-order chi connectivity index (χ1) is 9.49. The molecule has 0 aliphatic rings. The summed E-state index contributed by atoms with van der Waals surface area (Å²) in [7, 11) is 1.61.